The van der Waals surface area contributed by atoms with E-state index in [1.807, 2.05) is 6.92 Å². The van der Waals surface area contributed by atoms with E-state index >= 15 is 0 Å². The molecule has 0 unspecified atom stereocenters. The van der Waals surface area contributed by atoms with Crippen LogP contribution in [0.5, 0.6) is 0 Å². The van der Waals surface area contributed by atoms with E-state index in [2.05, 4.69) is 26.1 Å². The SMILES string of the molecule is Cc1[nH]nc(C(=O)N2CC[C@H](C(N)=O)C2)c1Br. The maximum atomic E-state index is 12.1. The smallest absolute Gasteiger partial charge is 0.275 e. The van der Waals surface area contributed by atoms with Gasteiger partial charge < -0.3 is 10.6 Å². The summed E-state index contributed by atoms with van der Waals surface area (Å²) in [6, 6.07) is 0. The van der Waals surface area contributed by atoms with Crippen molar-refractivity contribution in [3.8, 4) is 0 Å². The summed E-state index contributed by atoms with van der Waals surface area (Å²) in [6.07, 6.45) is 0.627. The van der Waals surface area contributed by atoms with Crippen LogP contribution in [-0.4, -0.2) is 40.0 Å². The fourth-order valence-corrected chi connectivity index (χ4v) is 2.23. The van der Waals surface area contributed by atoms with Crippen LogP contribution < -0.4 is 5.73 Å². The van der Waals surface area contributed by atoms with Crippen LogP contribution in [0.2, 0.25) is 0 Å². The molecule has 1 aliphatic heterocycles. The minimum absolute atomic E-state index is 0.176. The van der Waals surface area contributed by atoms with Crippen LogP contribution in [0.25, 0.3) is 0 Å². The van der Waals surface area contributed by atoms with Crippen LogP contribution in [0.4, 0.5) is 0 Å². The van der Waals surface area contributed by atoms with E-state index in [1.54, 1.807) is 4.90 Å². The van der Waals surface area contributed by atoms with Crippen molar-refractivity contribution in [1.29, 1.82) is 0 Å². The third kappa shape index (κ3) is 2.19. The number of nitrogens with two attached hydrogens (primary N) is 1. The number of carbonyl (C=O) groups is 2. The van der Waals surface area contributed by atoms with Gasteiger partial charge in [-0.25, -0.2) is 0 Å². The summed E-state index contributed by atoms with van der Waals surface area (Å²) in [5, 5.41) is 6.69. The highest BCUT2D eigenvalue weighted by atomic mass is 79.9. The maximum Gasteiger partial charge on any atom is 0.275 e. The van der Waals surface area contributed by atoms with E-state index in [0.29, 0.717) is 29.7 Å². The van der Waals surface area contributed by atoms with Crippen LogP contribution in [0.15, 0.2) is 4.47 Å². The van der Waals surface area contributed by atoms with Crippen molar-refractivity contribution >= 4 is 27.7 Å². The number of nitrogens with one attached hydrogen (secondary N) is 1. The Bertz CT molecular complexity index is 471. The summed E-state index contributed by atoms with van der Waals surface area (Å²) >= 11 is 3.31. The molecule has 1 atom stereocenters. The zero-order valence-corrected chi connectivity index (χ0v) is 11.0. The molecule has 1 aromatic rings. The Balaban J connectivity index is 2.12. The summed E-state index contributed by atoms with van der Waals surface area (Å²) in [5.74, 6) is -0.764. The van der Waals surface area contributed by atoms with Crippen molar-refractivity contribution in [3.05, 3.63) is 15.9 Å². The van der Waals surface area contributed by atoms with Gasteiger partial charge in [0.1, 0.15) is 0 Å². The predicted octanol–water partition coefficient (Wildman–Crippen LogP) is 0.428. The number of rotatable bonds is 2. The van der Waals surface area contributed by atoms with Gasteiger partial charge in [0.15, 0.2) is 5.69 Å². The highest BCUT2D eigenvalue weighted by Gasteiger charge is 2.32. The summed E-state index contributed by atoms with van der Waals surface area (Å²) < 4.78 is 0.671. The number of halogens is 1. The average molecular weight is 301 g/mol. The first-order valence-electron chi connectivity index (χ1n) is 5.29. The lowest BCUT2D eigenvalue weighted by Gasteiger charge is -2.14. The second kappa shape index (κ2) is 4.48. The quantitative estimate of drug-likeness (QED) is 0.829. The van der Waals surface area contributed by atoms with Gasteiger partial charge >= 0.3 is 0 Å². The first-order chi connectivity index (χ1) is 8.00. The van der Waals surface area contributed by atoms with E-state index in [0.717, 1.165) is 5.69 Å². The third-order valence-corrected chi connectivity index (χ3v) is 3.92. The molecule has 0 radical (unpaired) electrons. The number of aromatic amines is 1. The number of likely N-dealkylation sites (tertiary alicyclic amines) is 1. The molecule has 2 heterocycles. The molecule has 92 valence electrons. The lowest BCUT2D eigenvalue weighted by molar-refractivity contribution is -0.121. The Hall–Kier alpha value is -1.37. The fourth-order valence-electron chi connectivity index (χ4n) is 1.88. The topological polar surface area (TPSA) is 92.1 Å². The summed E-state index contributed by atoms with van der Waals surface area (Å²) in [7, 11) is 0. The lowest BCUT2D eigenvalue weighted by Crippen LogP contribution is -2.32. The van der Waals surface area contributed by atoms with E-state index in [1.165, 1.54) is 0 Å². The molecule has 17 heavy (non-hydrogen) atoms. The van der Waals surface area contributed by atoms with Gasteiger partial charge in [-0.3, -0.25) is 14.7 Å². The number of amides is 2. The fraction of sp³-hybridized carbons (Fsp3) is 0.500. The van der Waals surface area contributed by atoms with E-state index < -0.39 is 0 Å². The van der Waals surface area contributed by atoms with Gasteiger partial charge in [-0.2, -0.15) is 5.10 Å². The molecule has 7 heteroatoms. The number of hydrogen-bond donors (Lipinski definition) is 2. The summed E-state index contributed by atoms with van der Waals surface area (Å²) in [6.45, 7) is 2.75. The zero-order chi connectivity index (χ0) is 12.6. The van der Waals surface area contributed by atoms with Crippen LogP contribution in [0.1, 0.15) is 22.6 Å². The molecule has 1 fully saturated rings. The average Bonchev–Trinajstić information content (AvgIpc) is 2.87. The van der Waals surface area contributed by atoms with Gasteiger partial charge in [0.05, 0.1) is 10.4 Å². The van der Waals surface area contributed by atoms with Crippen molar-refractivity contribution in [2.45, 2.75) is 13.3 Å². The van der Waals surface area contributed by atoms with Crippen molar-refractivity contribution in [3.63, 3.8) is 0 Å². The Labute approximate surface area is 107 Å². The van der Waals surface area contributed by atoms with Gasteiger partial charge in [-0.15, -0.1) is 0 Å². The second-order valence-electron chi connectivity index (χ2n) is 4.15. The second-order valence-corrected chi connectivity index (χ2v) is 4.94. The zero-order valence-electron chi connectivity index (χ0n) is 9.36. The number of nitrogens with zero attached hydrogens (tertiary/aromatic N) is 2. The van der Waals surface area contributed by atoms with Crippen LogP contribution in [0, 0.1) is 12.8 Å². The Morgan fingerprint density at radius 3 is 2.76 bits per heavy atom. The van der Waals surface area contributed by atoms with E-state index in [4.69, 9.17) is 5.73 Å². The Morgan fingerprint density at radius 2 is 2.29 bits per heavy atom. The molecule has 0 aliphatic carbocycles. The van der Waals surface area contributed by atoms with Crippen molar-refractivity contribution < 1.29 is 9.59 Å². The highest BCUT2D eigenvalue weighted by molar-refractivity contribution is 9.10. The standard InChI is InChI=1S/C10H13BrN4O2/c1-5-7(11)8(14-13-5)10(17)15-3-2-6(4-15)9(12)16/h6H,2-4H2,1H3,(H2,12,16)(H,13,14)/t6-/m0/s1. The monoisotopic (exact) mass is 300 g/mol. The largest absolute Gasteiger partial charge is 0.369 e. The third-order valence-electron chi connectivity index (χ3n) is 2.95. The van der Waals surface area contributed by atoms with Gasteiger partial charge in [-0.1, -0.05) is 0 Å². The number of primary amides is 1. The van der Waals surface area contributed by atoms with Crippen molar-refractivity contribution in [1.82, 2.24) is 15.1 Å². The molecular weight excluding hydrogens is 288 g/mol. The lowest BCUT2D eigenvalue weighted by atomic mass is 10.1. The highest BCUT2D eigenvalue weighted by Crippen LogP contribution is 2.23. The van der Waals surface area contributed by atoms with Gasteiger partial charge in [0.2, 0.25) is 5.91 Å². The maximum absolute atomic E-state index is 12.1. The van der Waals surface area contributed by atoms with Gasteiger partial charge in [-0.05, 0) is 29.3 Å². The molecule has 1 aromatic heterocycles. The minimum atomic E-state index is -0.349. The molecule has 3 N–H and O–H groups in total. The number of H-pyrrole nitrogens is 1. The normalized spacial score (nSPS) is 19.6. The summed E-state index contributed by atoms with van der Waals surface area (Å²) in [5.41, 5.74) is 6.38. The van der Waals surface area contributed by atoms with Gasteiger partial charge in [0, 0.05) is 18.8 Å². The minimum Gasteiger partial charge on any atom is -0.369 e. The predicted molar refractivity (Wildman–Crippen MR) is 64.2 cm³/mol. The molecule has 1 saturated heterocycles. The first-order valence-corrected chi connectivity index (χ1v) is 6.09. The Morgan fingerprint density at radius 1 is 1.59 bits per heavy atom. The van der Waals surface area contributed by atoms with Crippen LogP contribution >= 0.6 is 15.9 Å². The number of hydrogen-bond acceptors (Lipinski definition) is 3. The Kier molecular flexibility index (Phi) is 3.19. The molecule has 0 bridgehead atoms. The molecule has 1 aliphatic rings. The molecule has 0 aromatic carbocycles. The number of aromatic nitrogens is 2. The van der Waals surface area contributed by atoms with E-state index in [9.17, 15) is 9.59 Å². The van der Waals surface area contributed by atoms with Crippen LogP contribution in [-0.2, 0) is 4.79 Å². The van der Waals surface area contributed by atoms with Crippen LogP contribution in [0.3, 0.4) is 0 Å². The molecular formula is C10H13BrN4O2. The molecule has 0 spiro atoms. The van der Waals surface area contributed by atoms with Crippen molar-refractivity contribution in [2.24, 2.45) is 11.7 Å². The molecule has 6 nitrogen and oxygen atoms in total. The molecule has 2 amide bonds. The van der Waals surface area contributed by atoms with Gasteiger partial charge in [0.25, 0.3) is 5.91 Å². The first kappa shape index (κ1) is 12.1. The number of aryl methyl sites for hydroxylation is 1. The molecule has 0 saturated carbocycles. The van der Waals surface area contributed by atoms with E-state index in [-0.39, 0.29) is 17.7 Å². The summed E-state index contributed by atoms with van der Waals surface area (Å²) in [4.78, 5) is 24.7. The van der Waals surface area contributed by atoms with Crippen molar-refractivity contribution in [2.75, 3.05) is 13.1 Å². The number of carbonyl (C=O) groups excluding carboxylic acids is 2. The molecule has 2 rings (SSSR count).